The zero-order valence-corrected chi connectivity index (χ0v) is 16.9. The Morgan fingerprint density at radius 3 is 2.62 bits per heavy atom. The summed E-state index contributed by atoms with van der Waals surface area (Å²) in [5, 5.41) is 0.824. The van der Waals surface area contributed by atoms with E-state index < -0.39 is 10.0 Å². The number of anilines is 1. The summed E-state index contributed by atoms with van der Waals surface area (Å²) in [7, 11) is -3.61. The van der Waals surface area contributed by atoms with Gasteiger partial charge in [-0.25, -0.2) is 13.4 Å². The zero-order valence-electron chi connectivity index (χ0n) is 16.0. The van der Waals surface area contributed by atoms with Gasteiger partial charge < -0.3 is 9.88 Å². The maximum atomic E-state index is 13.3. The van der Waals surface area contributed by atoms with Crippen LogP contribution in [0, 0.1) is 6.92 Å². The van der Waals surface area contributed by atoms with Crippen LogP contribution in [0.15, 0.2) is 59.6 Å². The number of hydrogen-bond acceptors (Lipinski definition) is 5. The van der Waals surface area contributed by atoms with Gasteiger partial charge in [-0.1, -0.05) is 24.3 Å². The van der Waals surface area contributed by atoms with Gasteiger partial charge in [-0.2, -0.15) is 4.31 Å². The predicted octanol–water partition coefficient (Wildman–Crippen LogP) is 2.93. The smallest absolute Gasteiger partial charge is 0.245 e. The number of hydrogen-bond donors (Lipinski definition) is 1. The summed E-state index contributed by atoms with van der Waals surface area (Å²) >= 11 is 0. The zero-order chi connectivity index (χ0) is 20.0. The van der Waals surface area contributed by atoms with E-state index in [1.165, 1.54) is 5.56 Å². The first-order valence-electron chi connectivity index (χ1n) is 9.57. The van der Waals surface area contributed by atoms with Crippen molar-refractivity contribution in [3.05, 3.63) is 60.3 Å². The van der Waals surface area contributed by atoms with E-state index >= 15 is 0 Å². The molecule has 0 radical (unpaired) electrons. The van der Waals surface area contributed by atoms with Crippen LogP contribution < -0.4 is 4.90 Å². The molecule has 1 N–H and O–H groups in total. The number of piperazine rings is 1. The number of nitrogens with one attached hydrogen (secondary N) is 1. The molecule has 0 amide bonds. The molecule has 0 atom stereocenters. The highest BCUT2D eigenvalue weighted by atomic mass is 32.2. The Morgan fingerprint density at radius 2 is 1.79 bits per heavy atom. The second-order valence-electron chi connectivity index (χ2n) is 7.30. The number of aromatic nitrogens is 3. The Balaban J connectivity index is 1.39. The Bertz CT molecular complexity index is 1300. The lowest BCUT2D eigenvalue weighted by Gasteiger charge is -2.33. The SMILES string of the molecule is Cc1ccc2nc(N3CCN(S(=O)(=O)c4cccc5cccnc45)CC3)[nH]c2c1. The van der Waals surface area contributed by atoms with Gasteiger partial charge >= 0.3 is 0 Å². The first kappa shape index (κ1) is 18.1. The molecule has 0 saturated carbocycles. The number of para-hydroxylation sites is 1. The van der Waals surface area contributed by atoms with Crippen molar-refractivity contribution < 1.29 is 8.42 Å². The van der Waals surface area contributed by atoms with Crippen LogP contribution >= 0.6 is 0 Å². The van der Waals surface area contributed by atoms with Crippen LogP contribution in [-0.4, -0.2) is 53.9 Å². The maximum Gasteiger partial charge on any atom is 0.245 e. The van der Waals surface area contributed by atoms with Crippen LogP contribution in [0.3, 0.4) is 0 Å². The topological polar surface area (TPSA) is 82.2 Å². The molecule has 3 heterocycles. The minimum absolute atomic E-state index is 0.267. The van der Waals surface area contributed by atoms with Gasteiger partial charge in [0.25, 0.3) is 0 Å². The van der Waals surface area contributed by atoms with Crippen LogP contribution in [-0.2, 0) is 10.0 Å². The average Bonchev–Trinajstić information content (AvgIpc) is 3.16. The van der Waals surface area contributed by atoms with E-state index in [9.17, 15) is 8.42 Å². The Morgan fingerprint density at radius 1 is 1.00 bits per heavy atom. The normalized spacial score (nSPS) is 16.0. The van der Waals surface area contributed by atoms with Gasteiger partial charge in [-0.3, -0.25) is 4.98 Å². The molecule has 1 fully saturated rings. The molecule has 148 valence electrons. The van der Waals surface area contributed by atoms with Crippen molar-refractivity contribution in [1.82, 2.24) is 19.3 Å². The van der Waals surface area contributed by atoms with E-state index in [0.29, 0.717) is 31.7 Å². The minimum atomic E-state index is -3.61. The molecule has 0 aliphatic carbocycles. The van der Waals surface area contributed by atoms with Crippen LogP contribution in [0.2, 0.25) is 0 Å². The molecule has 1 saturated heterocycles. The van der Waals surface area contributed by atoms with Crippen LogP contribution in [0.5, 0.6) is 0 Å². The number of imidazole rings is 1. The third-order valence-corrected chi connectivity index (χ3v) is 7.31. The Kier molecular flexibility index (Phi) is 4.25. The molecule has 1 aliphatic heterocycles. The second kappa shape index (κ2) is 6.82. The third kappa shape index (κ3) is 3.14. The molecule has 5 rings (SSSR count). The van der Waals surface area contributed by atoms with Crippen LogP contribution in [0.4, 0.5) is 5.95 Å². The van der Waals surface area contributed by atoms with Gasteiger partial charge in [0.05, 0.1) is 16.6 Å². The Labute approximate surface area is 169 Å². The van der Waals surface area contributed by atoms with E-state index in [4.69, 9.17) is 0 Å². The lowest BCUT2D eigenvalue weighted by molar-refractivity contribution is 0.383. The summed E-state index contributed by atoms with van der Waals surface area (Å²) in [6.07, 6.45) is 1.63. The Hall–Kier alpha value is -2.97. The fourth-order valence-electron chi connectivity index (χ4n) is 3.82. The van der Waals surface area contributed by atoms with Crippen molar-refractivity contribution >= 4 is 37.9 Å². The molecular weight excluding hydrogens is 386 g/mol. The first-order chi connectivity index (χ1) is 14.0. The summed E-state index contributed by atoms with van der Waals surface area (Å²) in [4.78, 5) is 14.7. The van der Waals surface area contributed by atoms with Gasteiger partial charge in [0.2, 0.25) is 16.0 Å². The number of fused-ring (bicyclic) bond motifs is 2. The average molecular weight is 407 g/mol. The van der Waals surface area contributed by atoms with Gasteiger partial charge in [-0.05, 0) is 36.8 Å². The number of benzene rings is 2. The molecule has 0 bridgehead atoms. The molecule has 2 aromatic heterocycles. The third-order valence-electron chi connectivity index (χ3n) is 5.38. The van der Waals surface area contributed by atoms with E-state index in [1.807, 2.05) is 37.3 Å². The number of sulfonamides is 1. The van der Waals surface area contributed by atoms with Gasteiger partial charge in [0.15, 0.2) is 0 Å². The van der Waals surface area contributed by atoms with Gasteiger partial charge in [0, 0.05) is 37.8 Å². The molecule has 0 spiro atoms. The second-order valence-corrected chi connectivity index (χ2v) is 9.21. The van der Waals surface area contributed by atoms with Crippen molar-refractivity contribution in [2.24, 2.45) is 0 Å². The van der Waals surface area contributed by atoms with Crippen molar-refractivity contribution in [1.29, 1.82) is 0 Å². The molecule has 7 nitrogen and oxygen atoms in total. The van der Waals surface area contributed by atoms with Crippen LogP contribution in [0.25, 0.3) is 21.9 Å². The summed E-state index contributed by atoms with van der Waals surface area (Å²) < 4.78 is 28.1. The number of aryl methyl sites for hydroxylation is 1. The molecular formula is C21H21N5O2S. The van der Waals surface area contributed by atoms with E-state index in [-0.39, 0.29) is 4.90 Å². The highest BCUT2D eigenvalue weighted by Gasteiger charge is 2.30. The molecule has 29 heavy (non-hydrogen) atoms. The lowest BCUT2D eigenvalue weighted by atomic mass is 10.2. The number of pyridine rings is 1. The van der Waals surface area contributed by atoms with Crippen molar-refractivity contribution in [3.8, 4) is 0 Å². The fraction of sp³-hybridized carbons (Fsp3) is 0.238. The van der Waals surface area contributed by atoms with Crippen molar-refractivity contribution in [2.75, 3.05) is 31.1 Å². The monoisotopic (exact) mass is 407 g/mol. The van der Waals surface area contributed by atoms with Crippen LogP contribution in [0.1, 0.15) is 5.56 Å². The van der Waals surface area contributed by atoms with Crippen molar-refractivity contribution in [3.63, 3.8) is 0 Å². The molecule has 1 aliphatic rings. The maximum absolute atomic E-state index is 13.3. The molecule has 4 aromatic rings. The van der Waals surface area contributed by atoms with E-state index in [2.05, 4.69) is 25.9 Å². The van der Waals surface area contributed by atoms with E-state index in [1.54, 1.807) is 22.6 Å². The number of rotatable bonds is 3. The molecule has 8 heteroatoms. The van der Waals surface area contributed by atoms with Gasteiger partial charge in [0.1, 0.15) is 4.90 Å². The number of nitrogens with zero attached hydrogens (tertiary/aromatic N) is 4. The van der Waals surface area contributed by atoms with Gasteiger partial charge in [-0.15, -0.1) is 0 Å². The predicted molar refractivity (Wildman–Crippen MR) is 114 cm³/mol. The standard InChI is InChI=1S/C21H21N5O2S/c1-15-7-8-17-18(14-15)24-21(23-17)25-10-12-26(13-11-25)29(27,28)19-6-2-4-16-5-3-9-22-20(16)19/h2-9,14H,10-13H2,1H3,(H,23,24). The number of aromatic amines is 1. The lowest BCUT2D eigenvalue weighted by Crippen LogP contribution is -2.49. The van der Waals surface area contributed by atoms with E-state index in [0.717, 1.165) is 22.4 Å². The first-order valence-corrected chi connectivity index (χ1v) is 11.0. The highest BCUT2D eigenvalue weighted by molar-refractivity contribution is 7.89. The number of H-pyrrole nitrogens is 1. The summed E-state index contributed by atoms with van der Waals surface area (Å²) in [6.45, 7) is 4.02. The molecule has 2 aromatic carbocycles. The van der Waals surface area contributed by atoms with Crippen molar-refractivity contribution in [2.45, 2.75) is 11.8 Å². The fourth-order valence-corrected chi connectivity index (χ4v) is 5.41. The highest BCUT2D eigenvalue weighted by Crippen LogP contribution is 2.26. The summed E-state index contributed by atoms with van der Waals surface area (Å²) in [5.74, 6) is 0.787. The summed E-state index contributed by atoms with van der Waals surface area (Å²) in [6, 6.07) is 15.1. The molecule has 0 unspecified atom stereocenters. The largest absolute Gasteiger partial charge is 0.340 e. The quantitative estimate of drug-likeness (QED) is 0.565. The summed E-state index contributed by atoms with van der Waals surface area (Å²) in [5.41, 5.74) is 3.61. The minimum Gasteiger partial charge on any atom is -0.340 e.